The SMILES string of the molecule is CN(Cc1cc(Br)ccc1F)C(=O)c1ccc(S(=O)(=O)N2CCCCCC2)cc1. The Bertz CT molecular complexity index is 972. The van der Waals surface area contributed by atoms with Crippen LogP contribution in [0.2, 0.25) is 0 Å². The van der Waals surface area contributed by atoms with Crippen LogP contribution in [0.1, 0.15) is 41.6 Å². The molecule has 1 heterocycles. The molecule has 0 bridgehead atoms. The molecule has 0 saturated carbocycles. The van der Waals surface area contributed by atoms with Crippen LogP contribution in [0.3, 0.4) is 0 Å². The Labute approximate surface area is 179 Å². The molecule has 156 valence electrons. The van der Waals surface area contributed by atoms with Gasteiger partial charge in [0.2, 0.25) is 10.0 Å². The van der Waals surface area contributed by atoms with Crippen molar-refractivity contribution in [3.8, 4) is 0 Å². The maximum atomic E-state index is 14.0. The van der Waals surface area contributed by atoms with Crippen LogP contribution in [-0.4, -0.2) is 43.7 Å². The predicted octanol–water partition coefficient (Wildman–Crippen LogP) is 4.43. The lowest BCUT2D eigenvalue weighted by molar-refractivity contribution is 0.0783. The number of sulfonamides is 1. The van der Waals surface area contributed by atoms with Gasteiger partial charge in [0.15, 0.2) is 0 Å². The van der Waals surface area contributed by atoms with E-state index in [1.807, 2.05) is 0 Å². The zero-order chi connectivity index (χ0) is 21.0. The fraction of sp³-hybridized carbons (Fsp3) is 0.381. The van der Waals surface area contributed by atoms with Gasteiger partial charge in [-0.1, -0.05) is 28.8 Å². The van der Waals surface area contributed by atoms with E-state index in [0.29, 0.717) is 24.2 Å². The second-order valence-corrected chi connectivity index (χ2v) is 10.1. The molecule has 1 amide bonds. The van der Waals surface area contributed by atoms with E-state index in [4.69, 9.17) is 0 Å². The lowest BCUT2D eigenvalue weighted by Gasteiger charge is -2.21. The molecule has 29 heavy (non-hydrogen) atoms. The predicted molar refractivity (Wildman–Crippen MR) is 114 cm³/mol. The Kier molecular flexibility index (Phi) is 7.08. The molecule has 0 aliphatic carbocycles. The van der Waals surface area contributed by atoms with E-state index in [9.17, 15) is 17.6 Å². The number of nitrogens with zero attached hydrogens (tertiary/aromatic N) is 2. The van der Waals surface area contributed by atoms with Gasteiger partial charge in [-0.25, -0.2) is 12.8 Å². The van der Waals surface area contributed by atoms with Crippen molar-refractivity contribution in [2.24, 2.45) is 0 Å². The van der Waals surface area contributed by atoms with Crippen LogP contribution in [0.25, 0.3) is 0 Å². The van der Waals surface area contributed by atoms with E-state index in [1.54, 1.807) is 19.2 Å². The highest BCUT2D eigenvalue weighted by atomic mass is 79.9. The first-order chi connectivity index (χ1) is 13.8. The van der Waals surface area contributed by atoms with E-state index in [-0.39, 0.29) is 23.2 Å². The van der Waals surface area contributed by atoms with E-state index in [2.05, 4.69) is 15.9 Å². The van der Waals surface area contributed by atoms with Crippen molar-refractivity contribution in [1.29, 1.82) is 0 Å². The van der Waals surface area contributed by atoms with Crippen molar-refractivity contribution in [2.45, 2.75) is 37.1 Å². The van der Waals surface area contributed by atoms with Gasteiger partial charge in [-0.3, -0.25) is 4.79 Å². The van der Waals surface area contributed by atoms with E-state index >= 15 is 0 Å². The number of carbonyl (C=O) groups excluding carboxylic acids is 1. The number of amides is 1. The summed E-state index contributed by atoms with van der Waals surface area (Å²) in [4.78, 5) is 14.3. The van der Waals surface area contributed by atoms with Crippen LogP contribution in [0.5, 0.6) is 0 Å². The normalized spacial score (nSPS) is 15.7. The number of rotatable bonds is 5. The molecule has 8 heteroatoms. The summed E-state index contributed by atoms with van der Waals surface area (Å²) in [6.07, 6.45) is 3.83. The highest BCUT2D eigenvalue weighted by Gasteiger charge is 2.25. The third-order valence-corrected chi connectivity index (χ3v) is 7.47. The minimum absolute atomic E-state index is 0.109. The number of hydrogen-bond acceptors (Lipinski definition) is 3. The fourth-order valence-electron chi connectivity index (χ4n) is 3.41. The van der Waals surface area contributed by atoms with Gasteiger partial charge in [-0.05, 0) is 55.3 Å². The minimum Gasteiger partial charge on any atom is -0.337 e. The summed E-state index contributed by atoms with van der Waals surface area (Å²) in [5.74, 6) is -0.685. The standard InChI is InChI=1S/C21H24BrFN2O3S/c1-24(15-17-14-18(22)8-11-20(17)23)21(26)16-6-9-19(10-7-16)29(27,28)25-12-4-2-3-5-13-25/h6-11,14H,2-5,12-13,15H2,1H3. The van der Waals surface area contributed by atoms with E-state index < -0.39 is 10.0 Å². The third kappa shape index (κ3) is 5.24. The number of halogens is 2. The monoisotopic (exact) mass is 482 g/mol. The molecule has 1 fully saturated rings. The topological polar surface area (TPSA) is 57.7 Å². The molecular weight excluding hydrogens is 459 g/mol. The highest BCUT2D eigenvalue weighted by molar-refractivity contribution is 9.10. The molecule has 5 nitrogen and oxygen atoms in total. The van der Waals surface area contributed by atoms with Crippen molar-refractivity contribution in [3.05, 3.63) is 63.9 Å². The molecule has 1 saturated heterocycles. The first kappa shape index (κ1) is 21.9. The second kappa shape index (κ2) is 9.36. The first-order valence-electron chi connectivity index (χ1n) is 9.58. The molecule has 0 spiro atoms. The average Bonchev–Trinajstić information content (AvgIpc) is 3.00. The van der Waals surface area contributed by atoms with Gasteiger partial charge >= 0.3 is 0 Å². The number of carbonyl (C=O) groups is 1. The van der Waals surface area contributed by atoms with Crippen LogP contribution >= 0.6 is 15.9 Å². The fourth-order valence-corrected chi connectivity index (χ4v) is 5.34. The molecule has 1 aliphatic rings. The Morgan fingerprint density at radius 3 is 2.31 bits per heavy atom. The van der Waals surface area contributed by atoms with Gasteiger partial charge < -0.3 is 4.90 Å². The molecule has 0 atom stereocenters. The highest BCUT2D eigenvalue weighted by Crippen LogP contribution is 2.22. The Morgan fingerprint density at radius 2 is 1.69 bits per heavy atom. The summed E-state index contributed by atoms with van der Waals surface area (Å²) in [5, 5.41) is 0. The van der Waals surface area contributed by atoms with Crippen LogP contribution in [0, 0.1) is 5.82 Å². The van der Waals surface area contributed by atoms with Crippen molar-refractivity contribution < 1.29 is 17.6 Å². The van der Waals surface area contributed by atoms with Gasteiger partial charge in [0.05, 0.1) is 4.90 Å². The maximum Gasteiger partial charge on any atom is 0.253 e. The van der Waals surface area contributed by atoms with Crippen LogP contribution in [0.15, 0.2) is 51.8 Å². The molecule has 0 radical (unpaired) electrons. The molecule has 2 aromatic rings. The van der Waals surface area contributed by atoms with Gasteiger partial charge in [-0.2, -0.15) is 4.31 Å². The molecular formula is C21H24BrFN2O3S. The molecule has 2 aromatic carbocycles. The lowest BCUT2D eigenvalue weighted by Crippen LogP contribution is -2.32. The average molecular weight is 483 g/mol. The molecule has 0 unspecified atom stereocenters. The second-order valence-electron chi connectivity index (χ2n) is 7.24. The molecule has 0 aromatic heterocycles. The van der Waals surface area contributed by atoms with Crippen molar-refractivity contribution in [1.82, 2.24) is 9.21 Å². The summed E-state index contributed by atoms with van der Waals surface area (Å²) in [6, 6.07) is 10.6. The van der Waals surface area contributed by atoms with Gasteiger partial charge in [-0.15, -0.1) is 0 Å². The summed E-state index contributed by atoms with van der Waals surface area (Å²) >= 11 is 3.30. The van der Waals surface area contributed by atoms with Crippen LogP contribution in [-0.2, 0) is 16.6 Å². The number of hydrogen-bond donors (Lipinski definition) is 0. The van der Waals surface area contributed by atoms with Gasteiger partial charge in [0, 0.05) is 42.3 Å². The van der Waals surface area contributed by atoms with Gasteiger partial charge in [0.1, 0.15) is 5.82 Å². The van der Waals surface area contributed by atoms with E-state index in [0.717, 1.165) is 30.2 Å². The number of benzene rings is 2. The summed E-state index contributed by atoms with van der Waals surface area (Å²) in [7, 11) is -1.97. The van der Waals surface area contributed by atoms with Crippen molar-refractivity contribution >= 4 is 31.9 Å². The van der Waals surface area contributed by atoms with Crippen molar-refractivity contribution in [2.75, 3.05) is 20.1 Å². The summed E-state index contributed by atoms with van der Waals surface area (Å²) in [5.41, 5.74) is 0.758. The maximum absolute atomic E-state index is 14.0. The smallest absolute Gasteiger partial charge is 0.253 e. The van der Waals surface area contributed by atoms with Crippen LogP contribution < -0.4 is 0 Å². The minimum atomic E-state index is -3.55. The largest absolute Gasteiger partial charge is 0.337 e. The van der Waals surface area contributed by atoms with E-state index in [1.165, 1.54) is 39.5 Å². The third-order valence-electron chi connectivity index (χ3n) is 5.07. The lowest BCUT2D eigenvalue weighted by atomic mass is 10.1. The zero-order valence-electron chi connectivity index (χ0n) is 16.3. The molecule has 0 N–H and O–H groups in total. The van der Waals surface area contributed by atoms with Crippen LogP contribution in [0.4, 0.5) is 4.39 Å². The van der Waals surface area contributed by atoms with Gasteiger partial charge in [0.25, 0.3) is 5.91 Å². The first-order valence-corrected chi connectivity index (χ1v) is 11.8. The molecule has 1 aliphatic heterocycles. The Morgan fingerprint density at radius 1 is 1.07 bits per heavy atom. The summed E-state index contributed by atoms with van der Waals surface area (Å²) in [6.45, 7) is 1.17. The molecule has 3 rings (SSSR count). The Hall–Kier alpha value is -1.77. The zero-order valence-corrected chi connectivity index (χ0v) is 18.7. The van der Waals surface area contributed by atoms with Crippen molar-refractivity contribution in [3.63, 3.8) is 0 Å². The quantitative estimate of drug-likeness (QED) is 0.633. The Balaban J connectivity index is 1.73. The summed E-state index contributed by atoms with van der Waals surface area (Å²) < 4.78 is 41.9.